The lowest BCUT2D eigenvalue weighted by Crippen LogP contribution is -2.46. The zero-order valence-electron chi connectivity index (χ0n) is 11.4. The highest BCUT2D eigenvalue weighted by Gasteiger charge is 2.20. The molecule has 0 bridgehead atoms. The topological polar surface area (TPSA) is 61.6 Å². The summed E-state index contributed by atoms with van der Waals surface area (Å²) in [6.45, 7) is 3.88. The first-order valence-corrected chi connectivity index (χ1v) is 6.95. The lowest BCUT2D eigenvalue weighted by molar-refractivity contribution is 0.208. The van der Waals surface area contributed by atoms with E-state index >= 15 is 0 Å². The van der Waals surface area contributed by atoms with Crippen molar-refractivity contribution < 1.29 is 5.11 Å². The van der Waals surface area contributed by atoms with E-state index in [1.807, 2.05) is 6.92 Å². The summed E-state index contributed by atoms with van der Waals surface area (Å²) in [6.07, 6.45) is 4.03. The van der Waals surface area contributed by atoms with E-state index in [1.165, 1.54) is 6.42 Å². The van der Waals surface area contributed by atoms with Crippen LogP contribution in [0.4, 0.5) is 0 Å². The van der Waals surface area contributed by atoms with Crippen LogP contribution in [0.25, 0.3) is 0 Å². The van der Waals surface area contributed by atoms with Crippen molar-refractivity contribution in [3.8, 4) is 0 Å². The Balaban J connectivity index is 2.20. The number of nitrogens with zero attached hydrogens (tertiary/aromatic N) is 2. The van der Waals surface area contributed by atoms with Crippen LogP contribution in [0.5, 0.6) is 0 Å². The number of halogens is 1. The number of amidine groups is 1. The molecule has 1 aliphatic rings. The molecular weight excluding hydrogens is 264 g/mol. The van der Waals surface area contributed by atoms with Crippen molar-refractivity contribution in [1.29, 1.82) is 0 Å². The highest BCUT2D eigenvalue weighted by molar-refractivity contribution is 6.34. The summed E-state index contributed by atoms with van der Waals surface area (Å²) in [4.78, 5) is 4.32. The third kappa shape index (κ3) is 3.11. The molecule has 1 aliphatic heterocycles. The number of aromatic nitrogens is 1. The minimum atomic E-state index is -0.0759. The molecule has 1 atom stereocenters. The van der Waals surface area contributed by atoms with Crippen molar-refractivity contribution in [2.24, 2.45) is 4.99 Å². The van der Waals surface area contributed by atoms with Gasteiger partial charge in [0.2, 0.25) is 0 Å². The quantitative estimate of drug-likeness (QED) is 0.576. The zero-order valence-corrected chi connectivity index (χ0v) is 12.2. The lowest BCUT2D eigenvalue weighted by Gasteiger charge is -2.25. The van der Waals surface area contributed by atoms with Gasteiger partial charge < -0.3 is 20.3 Å². The summed E-state index contributed by atoms with van der Waals surface area (Å²) in [5.41, 5.74) is 1.80. The summed E-state index contributed by atoms with van der Waals surface area (Å²) in [6, 6.07) is 0.375. The number of aliphatic imine (C=N–C) groups is 1. The molecule has 2 heterocycles. The van der Waals surface area contributed by atoms with Crippen LogP contribution in [0.2, 0.25) is 5.02 Å². The van der Waals surface area contributed by atoms with Gasteiger partial charge in [0.25, 0.3) is 0 Å². The summed E-state index contributed by atoms with van der Waals surface area (Å²) in [7, 11) is 1.75. The summed E-state index contributed by atoms with van der Waals surface area (Å²) in [5.74, 6) is 0.795. The zero-order chi connectivity index (χ0) is 13.8. The van der Waals surface area contributed by atoms with E-state index in [2.05, 4.69) is 15.6 Å². The van der Waals surface area contributed by atoms with Crippen molar-refractivity contribution >= 4 is 17.4 Å². The van der Waals surface area contributed by atoms with Crippen LogP contribution in [0.3, 0.4) is 0 Å². The van der Waals surface area contributed by atoms with Crippen LogP contribution in [0.1, 0.15) is 24.1 Å². The average molecular weight is 285 g/mol. The predicted octanol–water partition coefficient (Wildman–Crippen LogP) is 1.12. The maximum atomic E-state index is 9.27. The van der Waals surface area contributed by atoms with Gasteiger partial charge in [0, 0.05) is 31.5 Å². The lowest BCUT2D eigenvalue weighted by atomic mass is 10.1. The van der Waals surface area contributed by atoms with Gasteiger partial charge in [0.05, 0.1) is 10.6 Å². The van der Waals surface area contributed by atoms with Gasteiger partial charge >= 0.3 is 0 Å². The van der Waals surface area contributed by atoms with Crippen LogP contribution in [-0.4, -0.2) is 41.7 Å². The fourth-order valence-electron chi connectivity index (χ4n) is 2.46. The second-order valence-corrected chi connectivity index (χ2v) is 5.22. The first-order chi connectivity index (χ1) is 9.17. The Labute approximate surface area is 118 Å². The molecular formula is C13H21ClN4O. The van der Waals surface area contributed by atoms with Crippen molar-refractivity contribution in [1.82, 2.24) is 15.2 Å². The van der Waals surface area contributed by atoms with E-state index in [1.54, 1.807) is 17.8 Å². The van der Waals surface area contributed by atoms with Crippen LogP contribution in [-0.2, 0) is 6.73 Å². The number of hydrogen-bond donors (Lipinski definition) is 3. The number of rotatable bonds is 3. The van der Waals surface area contributed by atoms with E-state index in [9.17, 15) is 5.11 Å². The molecule has 0 aromatic carbocycles. The molecule has 5 nitrogen and oxygen atoms in total. The van der Waals surface area contributed by atoms with Crippen LogP contribution in [0, 0.1) is 6.92 Å². The molecule has 1 saturated heterocycles. The van der Waals surface area contributed by atoms with Crippen LogP contribution < -0.4 is 10.6 Å². The molecule has 106 valence electrons. The molecule has 0 aliphatic carbocycles. The molecule has 6 heteroatoms. The Morgan fingerprint density at radius 2 is 2.47 bits per heavy atom. The van der Waals surface area contributed by atoms with E-state index in [-0.39, 0.29) is 6.73 Å². The van der Waals surface area contributed by atoms with E-state index in [0.29, 0.717) is 11.1 Å². The molecule has 1 aromatic rings. The third-order valence-corrected chi connectivity index (χ3v) is 3.84. The SMILES string of the molecule is C/N=C(/N[C@@H]1CCCNC1)c1c(Cl)cn(CO)c1C. The monoisotopic (exact) mass is 284 g/mol. The Hall–Kier alpha value is -1.04. The Morgan fingerprint density at radius 3 is 3.00 bits per heavy atom. The maximum absolute atomic E-state index is 9.27. The van der Waals surface area contributed by atoms with E-state index in [4.69, 9.17) is 11.6 Å². The Kier molecular flexibility index (Phi) is 4.85. The largest absolute Gasteiger partial charge is 0.376 e. The maximum Gasteiger partial charge on any atom is 0.131 e. The highest BCUT2D eigenvalue weighted by atomic mass is 35.5. The summed E-state index contributed by atoms with van der Waals surface area (Å²) < 4.78 is 1.71. The van der Waals surface area contributed by atoms with Crippen molar-refractivity contribution in [3.63, 3.8) is 0 Å². The summed E-state index contributed by atoms with van der Waals surface area (Å²) in [5, 5.41) is 16.7. The molecule has 2 rings (SSSR count). The van der Waals surface area contributed by atoms with Gasteiger partial charge in [-0.2, -0.15) is 0 Å². The molecule has 0 radical (unpaired) electrons. The van der Waals surface area contributed by atoms with Gasteiger partial charge in [-0.15, -0.1) is 0 Å². The van der Waals surface area contributed by atoms with Gasteiger partial charge in [-0.3, -0.25) is 4.99 Å². The predicted molar refractivity (Wildman–Crippen MR) is 77.9 cm³/mol. The molecule has 0 unspecified atom stereocenters. The average Bonchev–Trinajstić information content (AvgIpc) is 2.72. The molecule has 1 fully saturated rings. The number of nitrogens with one attached hydrogen (secondary N) is 2. The molecule has 0 amide bonds. The second kappa shape index (κ2) is 6.41. The molecule has 3 N–H and O–H groups in total. The molecule has 0 saturated carbocycles. The first kappa shape index (κ1) is 14.4. The smallest absolute Gasteiger partial charge is 0.131 e. The number of hydrogen-bond acceptors (Lipinski definition) is 3. The van der Waals surface area contributed by atoms with Crippen molar-refractivity contribution in [2.75, 3.05) is 20.1 Å². The second-order valence-electron chi connectivity index (χ2n) is 4.81. The van der Waals surface area contributed by atoms with Crippen molar-refractivity contribution in [3.05, 3.63) is 22.5 Å². The van der Waals surface area contributed by atoms with E-state index in [0.717, 1.165) is 36.6 Å². The number of aliphatic hydroxyl groups excluding tert-OH is 1. The van der Waals surface area contributed by atoms with Gasteiger partial charge in [0.15, 0.2) is 0 Å². The fourth-order valence-corrected chi connectivity index (χ4v) is 2.81. The molecule has 1 aromatic heterocycles. The molecule has 0 spiro atoms. The standard InChI is InChI=1S/C13H21ClN4O/c1-9-12(11(14)7-18(9)8-19)13(15-2)17-10-4-3-5-16-6-10/h7,10,16,19H,3-6,8H2,1-2H3,(H,15,17)/t10-/m1/s1. The Morgan fingerprint density at radius 1 is 1.68 bits per heavy atom. The third-order valence-electron chi connectivity index (χ3n) is 3.55. The number of aliphatic hydroxyl groups is 1. The number of piperidine rings is 1. The van der Waals surface area contributed by atoms with Gasteiger partial charge in [-0.1, -0.05) is 11.6 Å². The van der Waals surface area contributed by atoms with Crippen LogP contribution >= 0.6 is 11.6 Å². The minimum Gasteiger partial charge on any atom is -0.376 e. The van der Waals surface area contributed by atoms with Gasteiger partial charge in [-0.25, -0.2) is 0 Å². The van der Waals surface area contributed by atoms with E-state index < -0.39 is 0 Å². The fraction of sp³-hybridized carbons (Fsp3) is 0.615. The van der Waals surface area contributed by atoms with Gasteiger partial charge in [-0.05, 0) is 26.3 Å². The minimum absolute atomic E-state index is 0.0759. The van der Waals surface area contributed by atoms with Crippen molar-refractivity contribution in [2.45, 2.75) is 32.5 Å². The first-order valence-electron chi connectivity index (χ1n) is 6.58. The van der Waals surface area contributed by atoms with Crippen LogP contribution in [0.15, 0.2) is 11.2 Å². The highest BCUT2D eigenvalue weighted by Crippen LogP contribution is 2.22. The summed E-state index contributed by atoms with van der Waals surface area (Å²) >= 11 is 6.25. The van der Waals surface area contributed by atoms with Gasteiger partial charge in [0.1, 0.15) is 12.6 Å². The normalized spacial score (nSPS) is 20.6. The Bertz CT molecular complexity index is 463. The molecule has 19 heavy (non-hydrogen) atoms.